The minimum atomic E-state index is -0.213. The molecule has 6 nitrogen and oxygen atoms in total. The lowest BCUT2D eigenvalue weighted by atomic mass is 10.1. The number of aromatic nitrogens is 2. The Morgan fingerprint density at radius 3 is 2.77 bits per heavy atom. The molecule has 4 aromatic rings. The van der Waals surface area contributed by atoms with E-state index in [0.717, 1.165) is 16.5 Å². The maximum absolute atomic E-state index is 13.0. The Hall–Kier alpha value is -3.09. The lowest BCUT2D eigenvalue weighted by molar-refractivity contribution is 0.0954. The van der Waals surface area contributed by atoms with E-state index in [-0.39, 0.29) is 11.5 Å². The fourth-order valence-electron chi connectivity index (χ4n) is 3.64. The van der Waals surface area contributed by atoms with Crippen molar-refractivity contribution in [2.75, 3.05) is 20.3 Å². The number of rotatable bonds is 7. The lowest BCUT2D eigenvalue weighted by Crippen LogP contribution is -2.29. The summed E-state index contributed by atoms with van der Waals surface area (Å²) in [7, 11) is 1.58. The van der Waals surface area contributed by atoms with Crippen LogP contribution in [0.15, 0.2) is 59.7 Å². The van der Waals surface area contributed by atoms with Crippen LogP contribution in [0.1, 0.15) is 15.9 Å². The summed E-state index contributed by atoms with van der Waals surface area (Å²) in [6.45, 7) is 1.24. The van der Waals surface area contributed by atoms with Gasteiger partial charge in [0.25, 0.3) is 11.5 Å². The van der Waals surface area contributed by atoms with E-state index < -0.39 is 0 Å². The number of methoxy groups -OCH3 is 1. The van der Waals surface area contributed by atoms with Crippen LogP contribution in [-0.4, -0.2) is 35.7 Å². The summed E-state index contributed by atoms with van der Waals surface area (Å²) < 4.78 is 6.62. The lowest BCUT2D eigenvalue weighted by Gasteiger charge is -2.12. The van der Waals surface area contributed by atoms with Crippen molar-refractivity contribution in [3.05, 3.63) is 81.4 Å². The summed E-state index contributed by atoms with van der Waals surface area (Å²) in [5.41, 5.74) is 2.44. The Labute approximate surface area is 178 Å². The zero-order valence-electron chi connectivity index (χ0n) is 16.6. The summed E-state index contributed by atoms with van der Waals surface area (Å²) in [5, 5.41) is 5.87. The minimum Gasteiger partial charge on any atom is -0.383 e. The van der Waals surface area contributed by atoms with E-state index in [1.165, 1.54) is 4.57 Å². The number of nitrogens with one attached hydrogen (secondary N) is 2. The van der Waals surface area contributed by atoms with Gasteiger partial charge >= 0.3 is 0 Å². The van der Waals surface area contributed by atoms with Gasteiger partial charge in [-0.05, 0) is 36.2 Å². The van der Waals surface area contributed by atoms with Crippen LogP contribution in [0.4, 0.5) is 0 Å². The highest BCUT2D eigenvalue weighted by atomic mass is 35.5. The average Bonchev–Trinajstić information content (AvgIpc) is 3.15. The summed E-state index contributed by atoms with van der Waals surface area (Å²) >= 11 is 6.11. The number of fused-ring (bicyclic) bond motifs is 2. The van der Waals surface area contributed by atoms with Crippen LogP contribution in [0.5, 0.6) is 0 Å². The summed E-state index contributed by atoms with van der Waals surface area (Å²) in [4.78, 5) is 28.9. The molecule has 0 fully saturated rings. The Bertz CT molecular complexity index is 1280. The fraction of sp³-hybridized carbons (Fsp3) is 0.217. The SMILES string of the molecule is COCCn1cc(C(=O)NCCc2c[nH]c3ccc(Cl)cc23)c2ccccc2c1=O. The number of hydrogen-bond acceptors (Lipinski definition) is 3. The van der Waals surface area contributed by atoms with Gasteiger partial charge in [0, 0.05) is 59.3 Å². The molecular formula is C23H22ClN3O3. The van der Waals surface area contributed by atoms with Gasteiger partial charge in [0.05, 0.1) is 12.2 Å². The smallest absolute Gasteiger partial charge is 0.258 e. The monoisotopic (exact) mass is 423 g/mol. The molecule has 0 spiro atoms. The number of nitrogens with zero attached hydrogens (tertiary/aromatic N) is 1. The van der Waals surface area contributed by atoms with Crippen molar-refractivity contribution in [1.29, 1.82) is 0 Å². The van der Waals surface area contributed by atoms with Crippen LogP contribution in [-0.2, 0) is 17.7 Å². The van der Waals surface area contributed by atoms with Crippen LogP contribution in [0.25, 0.3) is 21.7 Å². The van der Waals surface area contributed by atoms with Crippen LogP contribution in [0.3, 0.4) is 0 Å². The number of aromatic amines is 1. The van der Waals surface area contributed by atoms with Crippen molar-refractivity contribution in [3.63, 3.8) is 0 Å². The number of carbonyl (C=O) groups is 1. The van der Waals surface area contributed by atoms with Gasteiger partial charge in [0.15, 0.2) is 0 Å². The van der Waals surface area contributed by atoms with Crippen molar-refractivity contribution in [2.24, 2.45) is 0 Å². The first kappa shape index (κ1) is 20.2. The minimum absolute atomic E-state index is 0.130. The molecule has 30 heavy (non-hydrogen) atoms. The normalized spacial score (nSPS) is 11.3. The van der Waals surface area contributed by atoms with Gasteiger partial charge in [0.1, 0.15) is 0 Å². The Kier molecular flexibility index (Phi) is 5.88. The van der Waals surface area contributed by atoms with Gasteiger partial charge in [0.2, 0.25) is 0 Å². The molecule has 2 aromatic carbocycles. The Balaban J connectivity index is 1.56. The van der Waals surface area contributed by atoms with E-state index in [1.807, 2.05) is 30.5 Å². The number of benzene rings is 2. The molecule has 0 radical (unpaired) electrons. The third-order valence-corrected chi connectivity index (χ3v) is 5.42. The predicted molar refractivity (Wildman–Crippen MR) is 119 cm³/mol. The number of carbonyl (C=O) groups excluding carboxylic acids is 1. The predicted octanol–water partition coefficient (Wildman–Crippen LogP) is 3.76. The molecule has 7 heteroatoms. The van der Waals surface area contributed by atoms with Crippen molar-refractivity contribution >= 4 is 39.2 Å². The highest BCUT2D eigenvalue weighted by Gasteiger charge is 2.15. The number of H-pyrrole nitrogens is 1. The highest BCUT2D eigenvalue weighted by Crippen LogP contribution is 2.22. The van der Waals surface area contributed by atoms with Crippen LogP contribution in [0, 0.1) is 0 Å². The Morgan fingerprint density at radius 1 is 1.17 bits per heavy atom. The first-order chi connectivity index (χ1) is 14.6. The molecular weight excluding hydrogens is 402 g/mol. The third kappa shape index (κ3) is 3.97. The van der Waals surface area contributed by atoms with Gasteiger partial charge in [-0.1, -0.05) is 29.8 Å². The van der Waals surface area contributed by atoms with Gasteiger partial charge in [-0.15, -0.1) is 0 Å². The quantitative estimate of drug-likeness (QED) is 0.475. The van der Waals surface area contributed by atoms with E-state index in [0.29, 0.717) is 47.5 Å². The van der Waals surface area contributed by atoms with E-state index >= 15 is 0 Å². The molecule has 154 valence electrons. The summed E-state index contributed by atoms with van der Waals surface area (Å²) in [6.07, 6.45) is 4.21. The zero-order valence-corrected chi connectivity index (χ0v) is 17.3. The molecule has 0 saturated heterocycles. The molecule has 0 saturated carbocycles. The first-order valence-corrected chi connectivity index (χ1v) is 10.1. The standard InChI is InChI=1S/C23H22ClN3O3/c1-30-11-10-27-14-20(17-4-2-3-5-18(17)23(27)29)22(28)25-9-8-15-13-26-21-7-6-16(24)12-19(15)21/h2-7,12-14,26H,8-11H2,1H3,(H,25,28). The summed E-state index contributed by atoms with van der Waals surface area (Å²) in [5.74, 6) is -0.213. The number of hydrogen-bond donors (Lipinski definition) is 2. The second-order valence-corrected chi connectivity index (χ2v) is 7.53. The van der Waals surface area contributed by atoms with Crippen molar-refractivity contribution in [3.8, 4) is 0 Å². The maximum Gasteiger partial charge on any atom is 0.258 e. The number of ether oxygens (including phenoxy) is 1. The molecule has 0 aliphatic carbocycles. The molecule has 4 rings (SSSR count). The van der Waals surface area contributed by atoms with Crippen LogP contribution < -0.4 is 10.9 Å². The largest absolute Gasteiger partial charge is 0.383 e. The van der Waals surface area contributed by atoms with Crippen molar-refractivity contribution in [2.45, 2.75) is 13.0 Å². The fourth-order valence-corrected chi connectivity index (χ4v) is 3.82. The van der Waals surface area contributed by atoms with Gasteiger partial charge in [-0.25, -0.2) is 0 Å². The molecule has 0 unspecified atom stereocenters. The molecule has 1 amide bonds. The Morgan fingerprint density at radius 2 is 1.97 bits per heavy atom. The van der Waals surface area contributed by atoms with E-state index in [9.17, 15) is 9.59 Å². The molecule has 2 aromatic heterocycles. The second kappa shape index (κ2) is 8.73. The zero-order chi connectivity index (χ0) is 21.1. The first-order valence-electron chi connectivity index (χ1n) is 9.73. The molecule has 2 heterocycles. The second-order valence-electron chi connectivity index (χ2n) is 7.09. The van der Waals surface area contributed by atoms with Gasteiger partial charge in [-0.3, -0.25) is 9.59 Å². The number of amides is 1. The topological polar surface area (TPSA) is 76.1 Å². The van der Waals surface area contributed by atoms with Crippen LogP contribution >= 0.6 is 11.6 Å². The highest BCUT2D eigenvalue weighted by molar-refractivity contribution is 6.31. The average molecular weight is 424 g/mol. The summed E-state index contributed by atoms with van der Waals surface area (Å²) in [6, 6.07) is 12.9. The van der Waals surface area contributed by atoms with Crippen LogP contribution in [0.2, 0.25) is 5.02 Å². The third-order valence-electron chi connectivity index (χ3n) is 5.18. The molecule has 0 atom stereocenters. The van der Waals surface area contributed by atoms with E-state index in [4.69, 9.17) is 16.3 Å². The maximum atomic E-state index is 13.0. The molecule has 0 aliphatic heterocycles. The van der Waals surface area contributed by atoms with Crippen molar-refractivity contribution in [1.82, 2.24) is 14.9 Å². The van der Waals surface area contributed by atoms with Crippen molar-refractivity contribution < 1.29 is 9.53 Å². The number of pyridine rings is 1. The van der Waals surface area contributed by atoms with Gasteiger partial charge in [-0.2, -0.15) is 0 Å². The molecule has 0 aliphatic rings. The molecule has 2 N–H and O–H groups in total. The molecule has 0 bridgehead atoms. The van der Waals surface area contributed by atoms with E-state index in [1.54, 1.807) is 31.5 Å². The number of halogens is 1. The van der Waals surface area contributed by atoms with E-state index in [2.05, 4.69) is 10.3 Å². The van der Waals surface area contributed by atoms with Gasteiger partial charge < -0.3 is 19.6 Å².